The number of benzene rings is 4. The zero-order valence-corrected chi connectivity index (χ0v) is 18.9. The van der Waals surface area contributed by atoms with Gasteiger partial charge in [0.25, 0.3) is 0 Å². The minimum Gasteiger partial charge on any atom is -0.115 e. The van der Waals surface area contributed by atoms with Crippen molar-refractivity contribution in [3.05, 3.63) is 142 Å². The van der Waals surface area contributed by atoms with Gasteiger partial charge in [-0.15, -0.1) is 12.8 Å². The van der Waals surface area contributed by atoms with Gasteiger partial charge >= 0.3 is 0 Å². The number of hydrogen-bond acceptors (Lipinski definition) is 0. The van der Waals surface area contributed by atoms with E-state index < -0.39 is 0 Å². The van der Waals surface area contributed by atoms with Crippen molar-refractivity contribution >= 4 is 36.5 Å². The van der Waals surface area contributed by atoms with Crippen molar-refractivity contribution in [3.8, 4) is 24.7 Å². The van der Waals surface area contributed by atoms with Gasteiger partial charge in [0.05, 0.1) is 0 Å². The summed E-state index contributed by atoms with van der Waals surface area (Å²) in [6.45, 7) is 0. The van der Waals surface area contributed by atoms with Crippen LogP contribution in [0.1, 0.15) is 44.5 Å². The predicted molar refractivity (Wildman–Crippen MR) is 148 cm³/mol. The molecule has 0 aliphatic heterocycles. The highest BCUT2D eigenvalue weighted by Gasteiger charge is 1.93. The van der Waals surface area contributed by atoms with E-state index in [-0.39, 0.29) is 0 Å². The third-order valence-electron chi connectivity index (χ3n) is 5.43. The lowest BCUT2D eigenvalue weighted by molar-refractivity contribution is 1.60. The number of rotatable bonds is 6. The second-order valence-electron chi connectivity index (χ2n) is 7.87. The van der Waals surface area contributed by atoms with E-state index in [1.54, 1.807) is 0 Å². The van der Waals surface area contributed by atoms with Gasteiger partial charge in [-0.2, -0.15) is 0 Å². The van der Waals surface area contributed by atoms with E-state index in [1.165, 1.54) is 0 Å². The standard InChI is InChI=1S/C34H24/c1-3-27-5-9-29(10-6-27)13-15-31-17-21-33(22-18-31)25-26-34-23-19-32(20-24-34)16-14-30-11-7-28(4-2)8-12-30/h1-2,5-26H. The van der Waals surface area contributed by atoms with Gasteiger partial charge in [0, 0.05) is 11.1 Å². The third-order valence-corrected chi connectivity index (χ3v) is 5.43. The summed E-state index contributed by atoms with van der Waals surface area (Å²) in [4.78, 5) is 0. The summed E-state index contributed by atoms with van der Waals surface area (Å²) in [5.41, 5.74) is 8.68. The molecule has 0 atom stereocenters. The summed E-state index contributed by atoms with van der Waals surface area (Å²) in [7, 11) is 0. The van der Waals surface area contributed by atoms with E-state index in [0.717, 1.165) is 44.5 Å². The molecule has 0 saturated heterocycles. The second-order valence-corrected chi connectivity index (χ2v) is 7.87. The number of hydrogen-bond donors (Lipinski definition) is 0. The molecule has 4 aromatic rings. The maximum atomic E-state index is 5.41. The minimum atomic E-state index is 0.895. The summed E-state index contributed by atoms with van der Waals surface area (Å²) in [6, 6.07) is 32.9. The van der Waals surface area contributed by atoms with E-state index in [0.29, 0.717) is 0 Å². The van der Waals surface area contributed by atoms with E-state index in [9.17, 15) is 0 Å². The molecule has 0 saturated carbocycles. The molecule has 4 rings (SSSR count). The van der Waals surface area contributed by atoms with Crippen LogP contribution in [0.5, 0.6) is 0 Å². The van der Waals surface area contributed by atoms with Crippen LogP contribution in [0, 0.1) is 24.7 Å². The molecule has 0 heterocycles. The Morgan fingerprint density at radius 1 is 0.324 bits per heavy atom. The van der Waals surface area contributed by atoms with Gasteiger partial charge in [0.15, 0.2) is 0 Å². The van der Waals surface area contributed by atoms with Crippen molar-refractivity contribution in [2.45, 2.75) is 0 Å². The van der Waals surface area contributed by atoms with Crippen molar-refractivity contribution < 1.29 is 0 Å². The molecule has 0 aliphatic rings. The molecule has 0 bridgehead atoms. The first-order chi connectivity index (χ1) is 16.7. The Labute approximate surface area is 202 Å². The Kier molecular flexibility index (Phi) is 7.38. The molecule has 0 N–H and O–H groups in total. The molecule has 0 fully saturated rings. The number of terminal acetylenes is 2. The molecule has 0 amide bonds. The summed E-state index contributed by atoms with van der Waals surface area (Å²) in [6.07, 6.45) is 23.5. The van der Waals surface area contributed by atoms with Gasteiger partial charge in [0.1, 0.15) is 0 Å². The fourth-order valence-corrected chi connectivity index (χ4v) is 3.39. The average Bonchev–Trinajstić information content (AvgIpc) is 2.91. The fourth-order valence-electron chi connectivity index (χ4n) is 3.39. The van der Waals surface area contributed by atoms with Crippen LogP contribution >= 0.6 is 0 Å². The van der Waals surface area contributed by atoms with Crippen LogP contribution < -0.4 is 0 Å². The monoisotopic (exact) mass is 432 g/mol. The Balaban J connectivity index is 1.34. The molecular formula is C34H24. The summed E-state index contributed by atoms with van der Waals surface area (Å²) in [5.74, 6) is 5.27. The lowest BCUT2D eigenvalue weighted by Gasteiger charge is -1.99. The first-order valence-electron chi connectivity index (χ1n) is 11.1. The van der Waals surface area contributed by atoms with Crippen molar-refractivity contribution in [1.82, 2.24) is 0 Å². The molecule has 0 spiro atoms. The molecule has 0 unspecified atom stereocenters. The van der Waals surface area contributed by atoms with Crippen LogP contribution in [-0.4, -0.2) is 0 Å². The van der Waals surface area contributed by atoms with Gasteiger partial charge in [-0.05, 0) is 57.6 Å². The smallest absolute Gasteiger partial charge is 0.0243 e. The quantitative estimate of drug-likeness (QED) is 0.213. The summed E-state index contributed by atoms with van der Waals surface area (Å²) >= 11 is 0. The van der Waals surface area contributed by atoms with Crippen LogP contribution in [-0.2, 0) is 0 Å². The highest BCUT2D eigenvalue weighted by atomic mass is 14.0. The van der Waals surface area contributed by atoms with Crippen LogP contribution in [0.4, 0.5) is 0 Å². The van der Waals surface area contributed by atoms with E-state index in [4.69, 9.17) is 12.8 Å². The average molecular weight is 433 g/mol. The third kappa shape index (κ3) is 6.37. The largest absolute Gasteiger partial charge is 0.115 e. The van der Waals surface area contributed by atoms with Crippen molar-refractivity contribution in [2.24, 2.45) is 0 Å². The molecule has 160 valence electrons. The highest BCUT2D eigenvalue weighted by molar-refractivity contribution is 5.74. The Hall–Kier alpha value is -4.78. The van der Waals surface area contributed by atoms with Crippen LogP contribution in [0.15, 0.2) is 97.1 Å². The molecule has 4 aromatic carbocycles. The lowest BCUT2D eigenvalue weighted by atomic mass is 10.1. The summed E-state index contributed by atoms with van der Waals surface area (Å²) in [5, 5.41) is 0. The molecule has 0 aromatic heterocycles. The van der Waals surface area contributed by atoms with Gasteiger partial charge < -0.3 is 0 Å². The maximum absolute atomic E-state index is 5.41. The van der Waals surface area contributed by atoms with Gasteiger partial charge in [-0.25, -0.2) is 0 Å². The second kappa shape index (κ2) is 11.2. The predicted octanol–water partition coefficient (Wildman–Crippen LogP) is 8.16. The van der Waals surface area contributed by atoms with Crippen LogP contribution in [0.2, 0.25) is 0 Å². The fraction of sp³-hybridized carbons (Fsp3) is 0. The first-order valence-corrected chi connectivity index (χ1v) is 11.1. The maximum Gasteiger partial charge on any atom is 0.0243 e. The van der Waals surface area contributed by atoms with E-state index in [2.05, 4.69) is 96.8 Å². The van der Waals surface area contributed by atoms with Gasteiger partial charge in [-0.3, -0.25) is 0 Å². The van der Waals surface area contributed by atoms with Crippen molar-refractivity contribution in [2.75, 3.05) is 0 Å². The van der Waals surface area contributed by atoms with E-state index >= 15 is 0 Å². The van der Waals surface area contributed by atoms with Crippen LogP contribution in [0.3, 0.4) is 0 Å². The molecule has 0 nitrogen and oxygen atoms in total. The zero-order chi connectivity index (χ0) is 23.6. The first kappa shape index (κ1) is 22.4. The van der Waals surface area contributed by atoms with Crippen molar-refractivity contribution in [3.63, 3.8) is 0 Å². The van der Waals surface area contributed by atoms with Crippen LogP contribution in [0.25, 0.3) is 36.5 Å². The van der Waals surface area contributed by atoms with E-state index in [1.807, 2.05) is 48.5 Å². The molecule has 34 heavy (non-hydrogen) atoms. The minimum absolute atomic E-state index is 0.895. The summed E-state index contributed by atoms with van der Waals surface area (Å²) < 4.78 is 0. The zero-order valence-electron chi connectivity index (χ0n) is 18.9. The highest BCUT2D eigenvalue weighted by Crippen LogP contribution is 2.15. The molecule has 0 heteroatoms. The Bertz CT molecular complexity index is 1280. The normalized spacial score (nSPS) is 11.1. The Morgan fingerprint density at radius 3 is 0.676 bits per heavy atom. The lowest BCUT2D eigenvalue weighted by Crippen LogP contribution is -1.78. The van der Waals surface area contributed by atoms with Crippen molar-refractivity contribution in [1.29, 1.82) is 0 Å². The van der Waals surface area contributed by atoms with Gasteiger partial charge in [0.2, 0.25) is 0 Å². The Morgan fingerprint density at radius 2 is 0.500 bits per heavy atom. The molecule has 0 radical (unpaired) electrons. The SMILES string of the molecule is C#Cc1ccc(C=Cc2ccc(C=Cc3ccc(C=Cc4ccc(C#C)cc4)cc3)cc2)cc1. The molecular weight excluding hydrogens is 408 g/mol. The molecule has 0 aliphatic carbocycles. The topological polar surface area (TPSA) is 0 Å². The van der Waals surface area contributed by atoms with Gasteiger partial charge in [-0.1, -0.05) is 121 Å².